The molecule has 0 spiro atoms. The minimum absolute atomic E-state index is 0.817. The van der Waals surface area contributed by atoms with Crippen molar-refractivity contribution >= 4 is 0 Å². The smallest absolute Gasteiger partial charge is 0.0140 e. The highest BCUT2D eigenvalue weighted by Crippen LogP contribution is 2.11. The third-order valence-electron chi connectivity index (χ3n) is 2.44. The van der Waals surface area contributed by atoms with Crippen molar-refractivity contribution < 1.29 is 0 Å². The van der Waals surface area contributed by atoms with Crippen LogP contribution in [0.1, 0.15) is 39.5 Å². The van der Waals surface area contributed by atoms with Crippen LogP contribution in [0.5, 0.6) is 0 Å². The molecule has 0 bridgehead atoms. The Morgan fingerprint density at radius 1 is 1.27 bits per heavy atom. The lowest BCUT2D eigenvalue weighted by Crippen LogP contribution is -2.09. The number of unbranched alkanes of at least 4 members (excludes halogenated alkanes) is 2. The number of rotatable bonds is 8. The van der Waals surface area contributed by atoms with Crippen molar-refractivity contribution in [3.8, 4) is 0 Å². The zero-order valence-electron chi connectivity index (χ0n) is 10.5. The Morgan fingerprint density at radius 3 is 2.53 bits per heavy atom. The molecule has 0 aliphatic heterocycles. The summed E-state index contributed by atoms with van der Waals surface area (Å²) in [7, 11) is 2.11. The number of hydrogen-bond acceptors (Lipinski definition) is 2. The highest BCUT2D eigenvalue weighted by molar-refractivity contribution is 5.17. The van der Waals surface area contributed by atoms with Gasteiger partial charge in [0.1, 0.15) is 0 Å². The van der Waals surface area contributed by atoms with Crippen molar-refractivity contribution in [2.75, 3.05) is 20.1 Å². The van der Waals surface area contributed by atoms with E-state index in [4.69, 9.17) is 5.73 Å². The molecule has 0 radical (unpaired) electrons. The van der Waals surface area contributed by atoms with E-state index in [0.717, 1.165) is 25.9 Å². The lowest BCUT2D eigenvalue weighted by molar-refractivity contribution is 0.478. The Kier molecular flexibility index (Phi) is 9.29. The van der Waals surface area contributed by atoms with Crippen LogP contribution in [0, 0.1) is 0 Å². The summed E-state index contributed by atoms with van der Waals surface area (Å²) in [5.74, 6) is 0. The molecule has 88 valence electrons. The fraction of sp³-hybridized carbons (Fsp3) is 0.692. The van der Waals surface area contributed by atoms with Gasteiger partial charge in [0.15, 0.2) is 0 Å². The average Bonchev–Trinajstić information content (AvgIpc) is 2.24. The zero-order valence-corrected chi connectivity index (χ0v) is 10.5. The Hall–Kier alpha value is -0.760. The molecule has 0 fully saturated rings. The number of nitrogens with two attached hydrogens (primary N) is 1. The summed E-state index contributed by atoms with van der Waals surface area (Å²) < 4.78 is 0. The van der Waals surface area contributed by atoms with Gasteiger partial charge in [-0.2, -0.15) is 0 Å². The Labute approximate surface area is 94.8 Å². The van der Waals surface area contributed by atoms with Crippen LogP contribution < -0.4 is 5.73 Å². The number of nitrogens with zero attached hydrogens (tertiary/aromatic N) is 1. The van der Waals surface area contributed by atoms with Gasteiger partial charge < -0.3 is 10.6 Å². The van der Waals surface area contributed by atoms with Gasteiger partial charge in [-0.15, -0.1) is 0 Å². The van der Waals surface area contributed by atoms with Crippen molar-refractivity contribution in [1.29, 1.82) is 0 Å². The first-order valence-electron chi connectivity index (χ1n) is 5.98. The second kappa shape index (κ2) is 9.78. The summed E-state index contributed by atoms with van der Waals surface area (Å²) >= 11 is 0. The highest BCUT2D eigenvalue weighted by Gasteiger charge is 1.95. The molecule has 15 heavy (non-hydrogen) atoms. The molecule has 0 aliphatic carbocycles. The first-order chi connectivity index (χ1) is 7.24. The first kappa shape index (κ1) is 14.2. The van der Waals surface area contributed by atoms with Gasteiger partial charge in [-0.05, 0) is 45.2 Å². The molecule has 0 aromatic heterocycles. The summed E-state index contributed by atoms with van der Waals surface area (Å²) in [6.45, 7) is 6.11. The molecular formula is C13H26N2. The van der Waals surface area contributed by atoms with Gasteiger partial charge in [0, 0.05) is 19.8 Å². The van der Waals surface area contributed by atoms with E-state index in [2.05, 4.69) is 44.1 Å². The summed E-state index contributed by atoms with van der Waals surface area (Å²) in [4.78, 5) is 2.22. The second-order valence-corrected chi connectivity index (χ2v) is 3.88. The number of allylic oxidation sites excluding steroid dienone is 3. The number of hydrogen-bond donors (Lipinski definition) is 1. The summed E-state index contributed by atoms with van der Waals surface area (Å²) in [6, 6.07) is 0. The molecule has 0 aromatic rings. The normalized spacial score (nSPS) is 12.4. The third kappa shape index (κ3) is 8.25. The molecule has 0 saturated carbocycles. The maximum Gasteiger partial charge on any atom is 0.0140 e. The summed E-state index contributed by atoms with van der Waals surface area (Å²) in [5.41, 5.74) is 6.89. The van der Waals surface area contributed by atoms with E-state index in [9.17, 15) is 0 Å². The molecular weight excluding hydrogens is 184 g/mol. The highest BCUT2D eigenvalue weighted by atomic mass is 15.1. The molecule has 0 atom stereocenters. The van der Waals surface area contributed by atoms with Gasteiger partial charge in [0.05, 0.1) is 0 Å². The van der Waals surface area contributed by atoms with E-state index in [1.165, 1.54) is 18.4 Å². The third-order valence-corrected chi connectivity index (χ3v) is 2.44. The fourth-order valence-corrected chi connectivity index (χ4v) is 1.43. The quantitative estimate of drug-likeness (QED) is 0.493. The maximum atomic E-state index is 5.47. The summed E-state index contributed by atoms with van der Waals surface area (Å²) in [6.07, 6.45) is 11.3. The molecule has 0 rings (SSSR count). The van der Waals surface area contributed by atoms with Crippen LogP contribution in [0.15, 0.2) is 23.9 Å². The topological polar surface area (TPSA) is 29.3 Å². The molecule has 2 N–H and O–H groups in total. The van der Waals surface area contributed by atoms with Crippen LogP contribution in [0.25, 0.3) is 0 Å². The van der Waals surface area contributed by atoms with Gasteiger partial charge in [-0.25, -0.2) is 0 Å². The zero-order chi connectivity index (χ0) is 11.5. The Balaban J connectivity index is 3.98. The van der Waals surface area contributed by atoms with E-state index in [-0.39, 0.29) is 0 Å². The van der Waals surface area contributed by atoms with Gasteiger partial charge in [-0.3, -0.25) is 0 Å². The molecule has 2 nitrogen and oxygen atoms in total. The van der Waals surface area contributed by atoms with E-state index in [1.807, 2.05) is 0 Å². The predicted octanol–water partition coefficient (Wildman–Crippen LogP) is 2.92. The van der Waals surface area contributed by atoms with E-state index in [1.54, 1.807) is 0 Å². The lowest BCUT2D eigenvalue weighted by atomic mass is 10.1. The molecule has 0 heterocycles. The maximum absolute atomic E-state index is 5.47. The average molecular weight is 210 g/mol. The van der Waals surface area contributed by atoms with Gasteiger partial charge in [-0.1, -0.05) is 18.6 Å². The monoisotopic (exact) mass is 210 g/mol. The molecule has 0 aromatic carbocycles. The largest absolute Gasteiger partial charge is 0.380 e. The van der Waals surface area contributed by atoms with Crippen molar-refractivity contribution in [2.45, 2.75) is 39.5 Å². The standard InChI is InChI=1S/C13H26N2/c1-4-9-13(12-15(3)5-2)10-7-6-8-11-14/h4,9,12H,5-8,10-11,14H2,1-3H3/b9-4-,13-12+. The Bertz CT molecular complexity index is 195. The van der Waals surface area contributed by atoms with Crippen molar-refractivity contribution in [1.82, 2.24) is 4.90 Å². The molecule has 0 saturated heterocycles. The van der Waals surface area contributed by atoms with Gasteiger partial charge >= 0.3 is 0 Å². The van der Waals surface area contributed by atoms with Gasteiger partial charge in [0.25, 0.3) is 0 Å². The van der Waals surface area contributed by atoms with Crippen LogP contribution in [-0.2, 0) is 0 Å². The van der Waals surface area contributed by atoms with Crippen LogP contribution in [-0.4, -0.2) is 25.0 Å². The van der Waals surface area contributed by atoms with Crippen LogP contribution in [0.3, 0.4) is 0 Å². The minimum Gasteiger partial charge on any atom is -0.380 e. The fourth-order valence-electron chi connectivity index (χ4n) is 1.43. The SMILES string of the molecule is C/C=C\C(=C/N(C)CC)CCCCCN. The van der Waals surface area contributed by atoms with Crippen molar-refractivity contribution in [3.63, 3.8) is 0 Å². The van der Waals surface area contributed by atoms with Crippen LogP contribution in [0.2, 0.25) is 0 Å². The first-order valence-corrected chi connectivity index (χ1v) is 5.98. The van der Waals surface area contributed by atoms with Crippen molar-refractivity contribution in [2.24, 2.45) is 5.73 Å². The van der Waals surface area contributed by atoms with E-state index >= 15 is 0 Å². The second-order valence-electron chi connectivity index (χ2n) is 3.88. The van der Waals surface area contributed by atoms with E-state index in [0.29, 0.717) is 0 Å². The minimum atomic E-state index is 0.817. The molecule has 0 aliphatic rings. The molecule has 0 amide bonds. The predicted molar refractivity (Wildman–Crippen MR) is 68.7 cm³/mol. The Morgan fingerprint density at radius 2 is 2.00 bits per heavy atom. The van der Waals surface area contributed by atoms with Gasteiger partial charge in [0.2, 0.25) is 0 Å². The van der Waals surface area contributed by atoms with E-state index < -0.39 is 0 Å². The van der Waals surface area contributed by atoms with Crippen molar-refractivity contribution in [3.05, 3.63) is 23.9 Å². The van der Waals surface area contributed by atoms with Crippen LogP contribution >= 0.6 is 0 Å². The molecule has 0 unspecified atom stereocenters. The molecule has 2 heteroatoms. The summed E-state index contributed by atoms with van der Waals surface area (Å²) in [5, 5.41) is 0. The lowest BCUT2D eigenvalue weighted by Gasteiger charge is -2.12. The van der Waals surface area contributed by atoms with Crippen LogP contribution in [0.4, 0.5) is 0 Å².